The van der Waals surface area contributed by atoms with Crippen molar-refractivity contribution in [3.05, 3.63) is 18.2 Å². The van der Waals surface area contributed by atoms with E-state index in [0.29, 0.717) is 0 Å². The van der Waals surface area contributed by atoms with Gasteiger partial charge in [-0.25, -0.2) is 4.98 Å². The molecule has 2 unspecified atom stereocenters. The van der Waals surface area contributed by atoms with Crippen LogP contribution in [0.2, 0.25) is 0 Å². The Bertz CT molecular complexity index is 345. The van der Waals surface area contributed by atoms with Crippen molar-refractivity contribution in [1.29, 1.82) is 0 Å². The van der Waals surface area contributed by atoms with E-state index in [4.69, 9.17) is 0 Å². The fourth-order valence-corrected chi connectivity index (χ4v) is 3.10. The van der Waals surface area contributed by atoms with Gasteiger partial charge in [0, 0.05) is 31.9 Å². The zero-order valence-corrected chi connectivity index (χ0v) is 11.9. The standard InChI is InChI=1S/C15H27N3/c1-3-10-16-14-7-5-4-6-13(14)8-9-15-17-11-12-18(15)2/h11-14,16H,3-10H2,1-2H3. The average Bonchev–Trinajstić information content (AvgIpc) is 2.80. The number of aromatic nitrogens is 2. The van der Waals surface area contributed by atoms with E-state index in [-0.39, 0.29) is 0 Å². The number of nitrogens with zero attached hydrogens (tertiary/aromatic N) is 2. The Labute approximate surface area is 111 Å². The highest BCUT2D eigenvalue weighted by Gasteiger charge is 2.24. The molecule has 1 aliphatic rings. The average molecular weight is 249 g/mol. The van der Waals surface area contributed by atoms with E-state index in [1.165, 1.54) is 50.9 Å². The van der Waals surface area contributed by atoms with Crippen molar-refractivity contribution in [3.63, 3.8) is 0 Å². The van der Waals surface area contributed by atoms with Crippen LogP contribution < -0.4 is 5.32 Å². The Morgan fingerprint density at radius 2 is 2.22 bits per heavy atom. The minimum atomic E-state index is 0.749. The molecule has 1 aromatic heterocycles. The van der Waals surface area contributed by atoms with E-state index in [1.807, 2.05) is 12.4 Å². The van der Waals surface area contributed by atoms with Crippen LogP contribution in [0.1, 0.15) is 51.3 Å². The molecule has 1 fully saturated rings. The summed E-state index contributed by atoms with van der Waals surface area (Å²) in [5, 5.41) is 3.74. The summed E-state index contributed by atoms with van der Waals surface area (Å²) < 4.78 is 2.15. The number of hydrogen-bond acceptors (Lipinski definition) is 2. The summed E-state index contributed by atoms with van der Waals surface area (Å²) in [5.41, 5.74) is 0. The first-order chi connectivity index (χ1) is 8.81. The fraction of sp³-hybridized carbons (Fsp3) is 0.800. The highest BCUT2D eigenvalue weighted by atomic mass is 15.0. The molecular formula is C15H27N3. The van der Waals surface area contributed by atoms with E-state index < -0.39 is 0 Å². The second-order valence-corrected chi connectivity index (χ2v) is 5.60. The van der Waals surface area contributed by atoms with Gasteiger partial charge in [-0.1, -0.05) is 19.8 Å². The Balaban J connectivity index is 1.83. The molecular weight excluding hydrogens is 222 g/mol. The minimum Gasteiger partial charge on any atom is -0.338 e. The van der Waals surface area contributed by atoms with Crippen molar-refractivity contribution < 1.29 is 0 Å². The van der Waals surface area contributed by atoms with Crippen LogP contribution in [0.4, 0.5) is 0 Å². The van der Waals surface area contributed by atoms with Crippen LogP contribution >= 0.6 is 0 Å². The van der Waals surface area contributed by atoms with Gasteiger partial charge in [-0.3, -0.25) is 0 Å². The molecule has 102 valence electrons. The Morgan fingerprint density at radius 1 is 1.39 bits per heavy atom. The first kappa shape index (κ1) is 13.6. The topological polar surface area (TPSA) is 29.9 Å². The van der Waals surface area contributed by atoms with Crippen LogP contribution in [0.15, 0.2) is 12.4 Å². The summed E-state index contributed by atoms with van der Waals surface area (Å²) in [6, 6.07) is 0.749. The van der Waals surface area contributed by atoms with Gasteiger partial charge >= 0.3 is 0 Å². The van der Waals surface area contributed by atoms with Crippen molar-refractivity contribution in [3.8, 4) is 0 Å². The summed E-state index contributed by atoms with van der Waals surface area (Å²) in [5.74, 6) is 2.08. The predicted octanol–water partition coefficient (Wildman–Crippen LogP) is 2.91. The van der Waals surface area contributed by atoms with Crippen molar-refractivity contribution in [2.45, 2.75) is 57.9 Å². The maximum absolute atomic E-state index is 4.43. The van der Waals surface area contributed by atoms with Crippen LogP contribution in [0.3, 0.4) is 0 Å². The zero-order chi connectivity index (χ0) is 12.8. The monoisotopic (exact) mass is 249 g/mol. The zero-order valence-electron chi connectivity index (χ0n) is 11.9. The Hall–Kier alpha value is -0.830. The largest absolute Gasteiger partial charge is 0.338 e. The van der Waals surface area contributed by atoms with E-state index in [0.717, 1.165) is 18.4 Å². The van der Waals surface area contributed by atoms with Crippen molar-refractivity contribution in [1.82, 2.24) is 14.9 Å². The highest BCUT2D eigenvalue weighted by molar-refractivity contribution is 4.93. The molecule has 1 N–H and O–H groups in total. The van der Waals surface area contributed by atoms with Crippen molar-refractivity contribution in [2.24, 2.45) is 13.0 Å². The molecule has 0 radical (unpaired) electrons. The van der Waals surface area contributed by atoms with Crippen molar-refractivity contribution >= 4 is 0 Å². The van der Waals surface area contributed by atoms with Gasteiger partial charge in [0.2, 0.25) is 0 Å². The smallest absolute Gasteiger partial charge is 0.108 e. The summed E-state index contributed by atoms with van der Waals surface area (Å²) in [7, 11) is 2.09. The highest BCUT2D eigenvalue weighted by Crippen LogP contribution is 2.28. The molecule has 0 spiro atoms. The number of rotatable bonds is 6. The first-order valence-corrected chi connectivity index (χ1v) is 7.51. The van der Waals surface area contributed by atoms with Gasteiger partial charge in [-0.05, 0) is 38.1 Å². The lowest BCUT2D eigenvalue weighted by Crippen LogP contribution is -2.39. The van der Waals surface area contributed by atoms with Crippen LogP contribution in [0.25, 0.3) is 0 Å². The van der Waals surface area contributed by atoms with Gasteiger partial charge in [0.15, 0.2) is 0 Å². The van der Waals surface area contributed by atoms with E-state index in [9.17, 15) is 0 Å². The summed E-state index contributed by atoms with van der Waals surface area (Å²) in [4.78, 5) is 4.43. The molecule has 0 saturated heterocycles. The Morgan fingerprint density at radius 3 is 2.94 bits per heavy atom. The molecule has 3 nitrogen and oxygen atoms in total. The lowest BCUT2D eigenvalue weighted by Gasteiger charge is -2.32. The molecule has 1 aliphatic carbocycles. The van der Waals surface area contributed by atoms with Gasteiger partial charge < -0.3 is 9.88 Å². The molecule has 1 heterocycles. The normalized spacial score (nSPS) is 24.3. The van der Waals surface area contributed by atoms with E-state index in [2.05, 4.69) is 28.8 Å². The SMILES string of the molecule is CCCNC1CCCCC1CCc1nccn1C. The molecule has 2 atom stereocenters. The molecule has 0 bridgehead atoms. The third kappa shape index (κ3) is 3.58. The first-order valence-electron chi connectivity index (χ1n) is 7.51. The molecule has 1 aromatic rings. The summed E-state index contributed by atoms with van der Waals surface area (Å²) in [6.45, 7) is 3.42. The molecule has 18 heavy (non-hydrogen) atoms. The van der Waals surface area contributed by atoms with E-state index >= 15 is 0 Å². The van der Waals surface area contributed by atoms with Crippen LogP contribution in [0.5, 0.6) is 0 Å². The third-order valence-corrected chi connectivity index (χ3v) is 4.23. The number of aryl methyl sites for hydroxylation is 2. The fourth-order valence-electron chi connectivity index (χ4n) is 3.10. The van der Waals surface area contributed by atoms with Gasteiger partial charge in [0.1, 0.15) is 5.82 Å². The van der Waals surface area contributed by atoms with Crippen LogP contribution in [0, 0.1) is 5.92 Å². The van der Waals surface area contributed by atoms with Crippen molar-refractivity contribution in [2.75, 3.05) is 6.54 Å². The maximum atomic E-state index is 4.43. The molecule has 0 amide bonds. The van der Waals surface area contributed by atoms with Crippen LogP contribution in [-0.4, -0.2) is 22.1 Å². The molecule has 1 saturated carbocycles. The second-order valence-electron chi connectivity index (χ2n) is 5.60. The second kappa shape index (κ2) is 6.93. The third-order valence-electron chi connectivity index (χ3n) is 4.23. The van der Waals surface area contributed by atoms with Crippen LogP contribution in [-0.2, 0) is 13.5 Å². The van der Waals surface area contributed by atoms with Gasteiger partial charge in [0.25, 0.3) is 0 Å². The van der Waals surface area contributed by atoms with Gasteiger partial charge in [-0.2, -0.15) is 0 Å². The van der Waals surface area contributed by atoms with Gasteiger partial charge in [-0.15, -0.1) is 0 Å². The maximum Gasteiger partial charge on any atom is 0.108 e. The molecule has 2 rings (SSSR count). The molecule has 3 heteroatoms. The lowest BCUT2D eigenvalue weighted by molar-refractivity contribution is 0.248. The van der Waals surface area contributed by atoms with E-state index in [1.54, 1.807) is 0 Å². The lowest BCUT2D eigenvalue weighted by atomic mass is 9.81. The summed E-state index contributed by atoms with van der Waals surface area (Å²) >= 11 is 0. The minimum absolute atomic E-state index is 0.749. The predicted molar refractivity (Wildman–Crippen MR) is 75.6 cm³/mol. The quantitative estimate of drug-likeness (QED) is 0.840. The summed E-state index contributed by atoms with van der Waals surface area (Å²) in [6.07, 6.45) is 13.2. The molecule has 0 aromatic carbocycles. The number of imidazole rings is 1. The number of nitrogens with one attached hydrogen (secondary N) is 1. The van der Waals surface area contributed by atoms with Gasteiger partial charge in [0.05, 0.1) is 0 Å². The Kier molecular flexibility index (Phi) is 5.24. The number of hydrogen-bond donors (Lipinski definition) is 1. The molecule has 0 aliphatic heterocycles.